The molecule has 0 atom stereocenters. The highest BCUT2D eigenvalue weighted by molar-refractivity contribution is 5.89. The Morgan fingerprint density at radius 1 is 1.07 bits per heavy atom. The van der Waals surface area contributed by atoms with Gasteiger partial charge in [0, 0.05) is 13.6 Å². The van der Waals surface area contributed by atoms with Gasteiger partial charge in [0.1, 0.15) is 5.52 Å². The van der Waals surface area contributed by atoms with Crippen LogP contribution in [0.4, 0.5) is 9.59 Å². The van der Waals surface area contributed by atoms with E-state index in [1.807, 2.05) is 18.2 Å². The molecule has 0 aliphatic carbocycles. The summed E-state index contributed by atoms with van der Waals surface area (Å²) >= 11 is 0. The highest BCUT2D eigenvalue weighted by Crippen LogP contribution is 2.23. The van der Waals surface area contributed by atoms with Gasteiger partial charge in [-0.05, 0) is 41.7 Å². The number of benzene rings is 2. The zero-order chi connectivity index (χ0) is 21.1. The molecule has 0 aliphatic rings. The summed E-state index contributed by atoms with van der Waals surface area (Å²) in [7, 11) is 1.51. The Labute approximate surface area is 167 Å². The number of rotatable bonds is 5. The minimum absolute atomic E-state index is 0.00857. The van der Waals surface area contributed by atoms with Crippen molar-refractivity contribution >= 4 is 23.1 Å². The van der Waals surface area contributed by atoms with Gasteiger partial charge in [-0.25, -0.2) is 9.59 Å². The van der Waals surface area contributed by atoms with E-state index in [-0.39, 0.29) is 16.7 Å². The Hall–Kier alpha value is -3.55. The van der Waals surface area contributed by atoms with Crippen LogP contribution < -0.4 is 15.6 Å². The van der Waals surface area contributed by atoms with Crippen molar-refractivity contribution in [2.75, 3.05) is 0 Å². The highest BCUT2D eigenvalue weighted by Gasteiger charge is 2.20. The van der Waals surface area contributed by atoms with Crippen LogP contribution in [0.5, 0.6) is 5.75 Å². The molecule has 3 rings (SSSR count). The Balaban J connectivity index is 1.97. The second-order valence-electron chi connectivity index (χ2n) is 6.58. The fourth-order valence-electron chi connectivity index (χ4n) is 3.60. The molecular weight excluding hydrogens is 374 g/mol. The number of fused-ring (bicyclic) bond motifs is 1. The summed E-state index contributed by atoms with van der Waals surface area (Å²) in [5.74, 6) is -0.00857. The second kappa shape index (κ2) is 8.22. The smallest absolute Gasteiger partial charge is 0.449 e. The number of carboxylic acid groups (broad SMARTS) is 1. The minimum atomic E-state index is -1.49. The number of aromatic nitrogens is 2. The zero-order valence-electron chi connectivity index (χ0n) is 16.6. The van der Waals surface area contributed by atoms with Crippen molar-refractivity contribution in [3.8, 4) is 5.75 Å². The van der Waals surface area contributed by atoms with Crippen LogP contribution in [-0.2, 0) is 26.4 Å². The van der Waals surface area contributed by atoms with Crippen molar-refractivity contribution in [1.82, 2.24) is 14.7 Å². The number of carbonyl (C=O) groups excluding carboxylic acids is 1. The average Bonchev–Trinajstić information content (AvgIpc) is 2.96. The first-order valence-corrected chi connectivity index (χ1v) is 9.38. The summed E-state index contributed by atoms with van der Waals surface area (Å²) in [5.41, 5.74) is 3.03. The number of para-hydroxylation sites is 1. The van der Waals surface area contributed by atoms with E-state index in [2.05, 4.69) is 19.2 Å². The number of ether oxygens (including phenoxy) is 1. The van der Waals surface area contributed by atoms with Crippen molar-refractivity contribution in [3.63, 3.8) is 0 Å². The molecule has 0 unspecified atom stereocenters. The highest BCUT2D eigenvalue weighted by atomic mass is 16.7. The SMILES string of the molecule is CCc1cccc(CC)c1CNC(=O)n1c(=O)c2cccc(OC(=O)O)c2n1C. The van der Waals surface area contributed by atoms with Gasteiger partial charge in [0.15, 0.2) is 5.75 Å². The molecule has 2 aromatic carbocycles. The predicted molar refractivity (Wildman–Crippen MR) is 109 cm³/mol. The van der Waals surface area contributed by atoms with Crippen LogP contribution in [0.15, 0.2) is 41.2 Å². The molecule has 0 bridgehead atoms. The Kier molecular flexibility index (Phi) is 5.72. The van der Waals surface area contributed by atoms with E-state index in [9.17, 15) is 14.4 Å². The Morgan fingerprint density at radius 3 is 2.28 bits per heavy atom. The lowest BCUT2D eigenvalue weighted by molar-refractivity contribution is 0.145. The first-order chi connectivity index (χ1) is 13.9. The number of hydrogen-bond acceptors (Lipinski definition) is 4. The molecule has 0 saturated heterocycles. The van der Waals surface area contributed by atoms with Gasteiger partial charge < -0.3 is 15.2 Å². The molecule has 29 heavy (non-hydrogen) atoms. The van der Waals surface area contributed by atoms with Crippen molar-refractivity contribution in [2.45, 2.75) is 33.2 Å². The maximum Gasteiger partial charge on any atom is 0.511 e. The standard InChI is InChI=1S/C21H23N3O5/c1-4-13-8-6-9-14(5-2)16(13)12-22-20(26)24-19(25)15-10-7-11-17(29-21(27)28)18(15)23(24)3/h6-11H,4-5,12H2,1-3H3,(H,22,26)(H,27,28). The lowest BCUT2D eigenvalue weighted by atomic mass is 9.97. The Morgan fingerprint density at radius 2 is 1.69 bits per heavy atom. The van der Waals surface area contributed by atoms with Gasteiger partial charge in [0.2, 0.25) is 0 Å². The van der Waals surface area contributed by atoms with Crippen LogP contribution >= 0.6 is 0 Å². The average molecular weight is 397 g/mol. The van der Waals surface area contributed by atoms with Gasteiger partial charge in [0.05, 0.1) is 5.39 Å². The van der Waals surface area contributed by atoms with Gasteiger partial charge in [-0.15, -0.1) is 0 Å². The van der Waals surface area contributed by atoms with Gasteiger partial charge >= 0.3 is 12.2 Å². The molecule has 0 fully saturated rings. The summed E-state index contributed by atoms with van der Waals surface area (Å²) in [4.78, 5) is 36.5. The lowest BCUT2D eigenvalue weighted by Crippen LogP contribution is -2.37. The lowest BCUT2D eigenvalue weighted by Gasteiger charge is -2.15. The molecule has 8 nitrogen and oxygen atoms in total. The molecule has 0 aliphatic heterocycles. The molecular formula is C21H23N3O5. The third-order valence-corrected chi connectivity index (χ3v) is 4.98. The number of hydrogen-bond donors (Lipinski definition) is 2. The van der Waals surface area contributed by atoms with Gasteiger partial charge in [-0.3, -0.25) is 9.48 Å². The van der Waals surface area contributed by atoms with Gasteiger partial charge in [0.25, 0.3) is 5.56 Å². The van der Waals surface area contributed by atoms with Crippen LogP contribution in [0.3, 0.4) is 0 Å². The fraction of sp³-hybridized carbons (Fsp3) is 0.286. The monoisotopic (exact) mass is 397 g/mol. The molecule has 1 amide bonds. The molecule has 0 saturated carbocycles. The molecule has 1 heterocycles. The number of carbonyl (C=O) groups is 2. The largest absolute Gasteiger partial charge is 0.511 e. The van der Waals surface area contributed by atoms with E-state index in [4.69, 9.17) is 9.84 Å². The topological polar surface area (TPSA) is 103 Å². The van der Waals surface area contributed by atoms with E-state index in [0.29, 0.717) is 6.54 Å². The summed E-state index contributed by atoms with van der Waals surface area (Å²) in [5, 5.41) is 11.9. The van der Waals surface area contributed by atoms with Crippen molar-refractivity contribution < 1.29 is 19.4 Å². The van der Waals surface area contributed by atoms with Crippen LogP contribution in [0.25, 0.3) is 10.9 Å². The van der Waals surface area contributed by atoms with E-state index in [0.717, 1.165) is 34.2 Å². The summed E-state index contributed by atoms with van der Waals surface area (Å²) in [6.45, 7) is 4.40. The molecule has 8 heteroatoms. The fourth-order valence-corrected chi connectivity index (χ4v) is 3.60. The number of aryl methyl sites for hydroxylation is 3. The van der Waals surface area contributed by atoms with E-state index in [1.54, 1.807) is 0 Å². The first-order valence-electron chi connectivity index (χ1n) is 9.38. The van der Waals surface area contributed by atoms with Crippen molar-refractivity contribution in [1.29, 1.82) is 0 Å². The first kappa shape index (κ1) is 20.2. The molecule has 2 N–H and O–H groups in total. The van der Waals surface area contributed by atoms with E-state index in [1.165, 1.54) is 29.9 Å². The number of nitrogens with zero attached hydrogens (tertiary/aromatic N) is 2. The summed E-state index contributed by atoms with van der Waals surface area (Å²) in [6, 6.07) is 9.93. The van der Waals surface area contributed by atoms with Crippen molar-refractivity contribution in [3.05, 3.63) is 63.4 Å². The third-order valence-electron chi connectivity index (χ3n) is 4.98. The van der Waals surface area contributed by atoms with Crippen LogP contribution in [0.1, 0.15) is 30.5 Å². The normalized spacial score (nSPS) is 10.9. The van der Waals surface area contributed by atoms with Crippen LogP contribution in [-0.4, -0.2) is 26.7 Å². The van der Waals surface area contributed by atoms with E-state index >= 15 is 0 Å². The third kappa shape index (κ3) is 3.73. The molecule has 152 valence electrons. The maximum atomic E-state index is 12.8. The molecule has 3 aromatic rings. The van der Waals surface area contributed by atoms with E-state index < -0.39 is 17.7 Å². The summed E-state index contributed by atoms with van der Waals surface area (Å²) in [6.07, 6.45) is 0.177. The maximum absolute atomic E-state index is 12.8. The molecule has 1 aromatic heterocycles. The number of amides is 1. The van der Waals surface area contributed by atoms with Crippen LogP contribution in [0.2, 0.25) is 0 Å². The Bertz CT molecular complexity index is 1120. The van der Waals surface area contributed by atoms with Crippen LogP contribution in [0, 0.1) is 0 Å². The van der Waals surface area contributed by atoms with Gasteiger partial charge in [-0.2, -0.15) is 4.68 Å². The van der Waals surface area contributed by atoms with Crippen molar-refractivity contribution in [2.24, 2.45) is 7.05 Å². The minimum Gasteiger partial charge on any atom is -0.449 e. The molecule has 0 radical (unpaired) electrons. The van der Waals surface area contributed by atoms with Gasteiger partial charge in [-0.1, -0.05) is 38.1 Å². The predicted octanol–water partition coefficient (Wildman–Crippen LogP) is 3.28. The zero-order valence-corrected chi connectivity index (χ0v) is 16.6. The molecule has 0 spiro atoms. The summed E-state index contributed by atoms with van der Waals surface area (Å²) < 4.78 is 7.01. The quantitative estimate of drug-likeness (QED) is 0.508. The number of nitrogens with one attached hydrogen (secondary N) is 1. The second-order valence-corrected chi connectivity index (χ2v) is 6.58.